The maximum atomic E-state index is 12.8. The molecule has 4 aromatic rings. The van der Waals surface area contributed by atoms with Crippen LogP contribution in [0.15, 0.2) is 78.9 Å². The Labute approximate surface area is 200 Å². The molecule has 0 atom stereocenters. The third-order valence-corrected chi connectivity index (χ3v) is 5.81. The first kappa shape index (κ1) is 22.2. The van der Waals surface area contributed by atoms with Gasteiger partial charge in [-0.25, -0.2) is 0 Å². The van der Waals surface area contributed by atoms with Crippen LogP contribution in [-0.2, 0) is 20.7 Å². The largest absolute Gasteiger partial charge is 0.456 e. The normalized spacial score (nSPS) is 12.1. The van der Waals surface area contributed by atoms with E-state index < -0.39 is 18.5 Å². The topological polar surface area (TPSA) is 102 Å². The SMILES string of the molecule is O=C(COC(=O)CCc1ccc2ccccc2n1)Nc1ccc2c(c1)C(=O)c1ccccc1C2=O. The number of para-hydroxylation sites is 1. The second kappa shape index (κ2) is 9.30. The average molecular weight is 464 g/mol. The molecule has 3 aromatic carbocycles. The number of hydrogen-bond acceptors (Lipinski definition) is 6. The minimum absolute atomic E-state index is 0.0908. The molecule has 1 heterocycles. The van der Waals surface area contributed by atoms with Crippen LogP contribution in [0.4, 0.5) is 5.69 Å². The van der Waals surface area contributed by atoms with Crippen molar-refractivity contribution >= 4 is 40.0 Å². The van der Waals surface area contributed by atoms with E-state index in [9.17, 15) is 19.2 Å². The van der Waals surface area contributed by atoms with E-state index in [1.165, 1.54) is 12.1 Å². The molecular formula is C28H20N2O5. The lowest BCUT2D eigenvalue weighted by Crippen LogP contribution is -2.23. The number of hydrogen-bond donors (Lipinski definition) is 1. The summed E-state index contributed by atoms with van der Waals surface area (Å²) in [7, 11) is 0. The highest BCUT2D eigenvalue weighted by Gasteiger charge is 2.29. The lowest BCUT2D eigenvalue weighted by molar-refractivity contribution is -0.147. The monoisotopic (exact) mass is 464 g/mol. The number of fused-ring (bicyclic) bond motifs is 3. The van der Waals surface area contributed by atoms with Crippen LogP contribution in [0.3, 0.4) is 0 Å². The van der Waals surface area contributed by atoms with Crippen molar-refractivity contribution in [1.29, 1.82) is 0 Å². The number of benzene rings is 3. The quantitative estimate of drug-likeness (QED) is 0.379. The van der Waals surface area contributed by atoms with Gasteiger partial charge in [0.25, 0.3) is 5.91 Å². The van der Waals surface area contributed by atoms with E-state index in [1.807, 2.05) is 36.4 Å². The van der Waals surface area contributed by atoms with Crippen molar-refractivity contribution in [2.24, 2.45) is 0 Å². The number of amides is 1. The molecule has 1 aromatic heterocycles. The zero-order valence-corrected chi connectivity index (χ0v) is 18.6. The number of nitrogens with zero attached hydrogens (tertiary/aromatic N) is 1. The molecular weight excluding hydrogens is 444 g/mol. The highest BCUT2D eigenvalue weighted by atomic mass is 16.5. The van der Waals surface area contributed by atoms with Crippen molar-refractivity contribution < 1.29 is 23.9 Å². The van der Waals surface area contributed by atoms with Gasteiger partial charge in [-0.1, -0.05) is 48.5 Å². The number of nitrogens with one attached hydrogen (secondary N) is 1. The predicted molar refractivity (Wildman–Crippen MR) is 129 cm³/mol. The van der Waals surface area contributed by atoms with E-state index >= 15 is 0 Å². The number of ketones is 2. The third-order valence-electron chi connectivity index (χ3n) is 5.81. The van der Waals surface area contributed by atoms with Gasteiger partial charge in [-0.15, -0.1) is 0 Å². The van der Waals surface area contributed by atoms with E-state index in [0.29, 0.717) is 28.8 Å². The Morgan fingerprint density at radius 1 is 0.771 bits per heavy atom. The molecule has 0 unspecified atom stereocenters. The summed E-state index contributed by atoms with van der Waals surface area (Å²) >= 11 is 0. The number of ether oxygens (including phenoxy) is 1. The summed E-state index contributed by atoms with van der Waals surface area (Å²) in [6, 6.07) is 22.7. The Bertz CT molecular complexity index is 1510. The molecule has 0 radical (unpaired) electrons. The molecule has 0 saturated heterocycles. The number of pyridine rings is 1. The average Bonchev–Trinajstić information content (AvgIpc) is 2.89. The molecule has 0 saturated carbocycles. The van der Waals surface area contributed by atoms with Crippen molar-refractivity contribution in [1.82, 2.24) is 4.98 Å². The predicted octanol–water partition coefficient (Wildman–Crippen LogP) is 4.12. The molecule has 1 N–H and O–H groups in total. The summed E-state index contributed by atoms with van der Waals surface area (Å²) in [6.45, 7) is -0.462. The first-order valence-electron chi connectivity index (χ1n) is 11.1. The molecule has 1 amide bonds. The molecule has 1 aliphatic carbocycles. The molecule has 0 spiro atoms. The molecule has 0 bridgehead atoms. The minimum atomic E-state index is -0.544. The Kier molecular flexibility index (Phi) is 5.89. The van der Waals surface area contributed by atoms with Crippen molar-refractivity contribution in [3.05, 3.63) is 107 Å². The van der Waals surface area contributed by atoms with Crippen molar-refractivity contribution in [2.75, 3.05) is 11.9 Å². The summed E-state index contributed by atoms with van der Waals surface area (Å²) < 4.78 is 5.08. The van der Waals surface area contributed by atoms with Gasteiger partial charge in [0.1, 0.15) is 0 Å². The van der Waals surface area contributed by atoms with Gasteiger partial charge in [0.2, 0.25) is 0 Å². The van der Waals surface area contributed by atoms with Gasteiger partial charge in [0, 0.05) is 45.4 Å². The van der Waals surface area contributed by atoms with Crippen LogP contribution < -0.4 is 5.32 Å². The van der Waals surface area contributed by atoms with Crippen molar-refractivity contribution in [2.45, 2.75) is 12.8 Å². The van der Waals surface area contributed by atoms with Crippen LogP contribution in [0, 0.1) is 0 Å². The van der Waals surface area contributed by atoms with Crippen LogP contribution in [-0.4, -0.2) is 35.0 Å². The molecule has 0 fully saturated rings. The smallest absolute Gasteiger partial charge is 0.306 e. The van der Waals surface area contributed by atoms with Gasteiger partial charge < -0.3 is 10.1 Å². The summed E-state index contributed by atoms with van der Waals surface area (Å²) in [6.07, 6.45) is 0.487. The Balaban J connectivity index is 1.16. The number of aromatic nitrogens is 1. The maximum Gasteiger partial charge on any atom is 0.306 e. The third kappa shape index (κ3) is 4.56. The number of rotatable bonds is 6. The fraction of sp³-hybridized carbons (Fsp3) is 0.107. The van der Waals surface area contributed by atoms with Crippen molar-refractivity contribution in [3.63, 3.8) is 0 Å². The van der Waals surface area contributed by atoms with E-state index in [1.54, 1.807) is 30.3 Å². The molecule has 1 aliphatic rings. The molecule has 35 heavy (non-hydrogen) atoms. The highest BCUT2D eigenvalue weighted by molar-refractivity contribution is 6.28. The van der Waals surface area contributed by atoms with Crippen LogP contribution in [0.5, 0.6) is 0 Å². The minimum Gasteiger partial charge on any atom is -0.456 e. The highest BCUT2D eigenvalue weighted by Crippen LogP contribution is 2.29. The zero-order valence-electron chi connectivity index (χ0n) is 18.6. The second-order valence-electron chi connectivity index (χ2n) is 8.17. The summed E-state index contributed by atoms with van der Waals surface area (Å²) in [5.41, 5.74) is 3.18. The number of carbonyl (C=O) groups is 4. The fourth-order valence-electron chi connectivity index (χ4n) is 4.07. The van der Waals surface area contributed by atoms with Crippen LogP contribution in [0.25, 0.3) is 10.9 Å². The van der Waals surface area contributed by atoms with E-state index in [2.05, 4.69) is 10.3 Å². The number of anilines is 1. The molecule has 5 rings (SSSR count). The van der Waals surface area contributed by atoms with Gasteiger partial charge in [-0.05, 0) is 30.3 Å². The first-order valence-corrected chi connectivity index (χ1v) is 11.1. The van der Waals surface area contributed by atoms with E-state index in [0.717, 1.165) is 16.6 Å². The lowest BCUT2D eigenvalue weighted by Gasteiger charge is -2.18. The van der Waals surface area contributed by atoms with Crippen molar-refractivity contribution in [3.8, 4) is 0 Å². The summed E-state index contributed by atoms with van der Waals surface area (Å²) in [5.74, 6) is -1.57. The second-order valence-corrected chi connectivity index (χ2v) is 8.17. The zero-order chi connectivity index (χ0) is 24.4. The molecule has 0 aliphatic heterocycles. The van der Waals surface area contributed by atoms with Crippen LogP contribution in [0.2, 0.25) is 0 Å². The Morgan fingerprint density at radius 3 is 2.26 bits per heavy atom. The van der Waals surface area contributed by atoms with Gasteiger partial charge in [-0.2, -0.15) is 0 Å². The van der Waals surface area contributed by atoms with Crippen LogP contribution >= 0.6 is 0 Å². The number of carbonyl (C=O) groups excluding carboxylic acids is 4. The summed E-state index contributed by atoms with van der Waals surface area (Å²) in [5, 5.41) is 3.63. The number of aryl methyl sites for hydroxylation is 1. The van der Waals surface area contributed by atoms with Gasteiger partial charge in [0.15, 0.2) is 18.2 Å². The van der Waals surface area contributed by atoms with E-state index in [-0.39, 0.29) is 23.6 Å². The molecule has 7 nitrogen and oxygen atoms in total. The standard InChI is InChI=1S/C28H20N2O5/c31-25(16-35-26(32)14-12-18-10-9-17-5-1-4-8-24(17)29-18)30-19-11-13-22-23(15-19)28(34)21-7-3-2-6-20(21)27(22)33/h1-11,13,15H,12,14,16H2,(H,30,31). The molecule has 7 heteroatoms. The Hall–Kier alpha value is -4.65. The van der Waals surface area contributed by atoms with Crippen LogP contribution in [0.1, 0.15) is 44.0 Å². The summed E-state index contributed by atoms with van der Waals surface area (Å²) in [4.78, 5) is 54.4. The van der Waals surface area contributed by atoms with E-state index in [4.69, 9.17) is 4.74 Å². The van der Waals surface area contributed by atoms with Gasteiger partial charge in [0.05, 0.1) is 11.9 Å². The maximum absolute atomic E-state index is 12.8. The first-order chi connectivity index (χ1) is 17.0. The van der Waals surface area contributed by atoms with Gasteiger partial charge >= 0.3 is 5.97 Å². The fourth-order valence-corrected chi connectivity index (χ4v) is 4.07. The molecule has 172 valence electrons. The Morgan fingerprint density at radius 2 is 1.46 bits per heavy atom. The lowest BCUT2D eigenvalue weighted by atomic mass is 9.84. The number of esters is 1. The van der Waals surface area contributed by atoms with Gasteiger partial charge in [-0.3, -0.25) is 24.2 Å².